The summed E-state index contributed by atoms with van der Waals surface area (Å²) in [5.41, 5.74) is 1.80. The number of hydrogen-bond acceptors (Lipinski definition) is 6. The Morgan fingerprint density at radius 3 is 2.67 bits per heavy atom. The number of carbonyl (C=O) groups is 1. The third-order valence-corrected chi connectivity index (χ3v) is 4.79. The van der Waals surface area contributed by atoms with E-state index in [1.807, 2.05) is 12.1 Å². The molecule has 0 spiro atoms. The molecule has 1 aromatic heterocycles. The first-order valence-corrected chi connectivity index (χ1v) is 9.07. The van der Waals surface area contributed by atoms with Crippen molar-refractivity contribution in [1.82, 2.24) is 4.98 Å². The largest absolute Gasteiger partial charge is 0.497 e. The number of benzene rings is 2. The molecule has 27 heavy (non-hydrogen) atoms. The number of aromatic nitrogens is 1. The minimum absolute atomic E-state index is 0.133. The highest BCUT2D eigenvalue weighted by molar-refractivity contribution is 8.00. The molecule has 0 aliphatic heterocycles. The monoisotopic (exact) mass is 379 g/mol. The lowest BCUT2D eigenvalue weighted by Gasteiger charge is -2.08. The second-order valence-corrected chi connectivity index (χ2v) is 6.54. The summed E-state index contributed by atoms with van der Waals surface area (Å²) in [6.45, 7) is 0. The molecule has 1 heterocycles. The standard InChI is InChI=1S/C20H17N3O3S/c1-25-16-5-3-4-15(9-16)22-19(24)12-27-20-14(11-21)8-13-6-7-17(26-2)10-18(13)23-20/h3-10H,12H2,1-2H3,(H,22,24). The lowest BCUT2D eigenvalue weighted by Crippen LogP contribution is -2.14. The van der Waals surface area contributed by atoms with Gasteiger partial charge in [-0.3, -0.25) is 4.79 Å². The summed E-state index contributed by atoms with van der Waals surface area (Å²) < 4.78 is 10.4. The zero-order chi connectivity index (χ0) is 19.2. The zero-order valence-corrected chi connectivity index (χ0v) is 15.7. The summed E-state index contributed by atoms with van der Waals surface area (Å²) in [5, 5.41) is 13.6. The van der Waals surface area contributed by atoms with Gasteiger partial charge >= 0.3 is 0 Å². The minimum Gasteiger partial charge on any atom is -0.497 e. The van der Waals surface area contributed by atoms with Crippen LogP contribution in [0.3, 0.4) is 0 Å². The fourth-order valence-corrected chi connectivity index (χ4v) is 3.24. The molecule has 0 bridgehead atoms. The van der Waals surface area contributed by atoms with Crippen LogP contribution in [-0.4, -0.2) is 30.9 Å². The molecule has 2 aromatic carbocycles. The molecule has 0 unspecified atom stereocenters. The van der Waals surface area contributed by atoms with Crippen molar-refractivity contribution in [2.75, 3.05) is 25.3 Å². The van der Waals surface area contributed by atoms with Crippen LogP contribution in [0.1, 0.15) is 5.56 Å². The van der Waals surface area contributed by atoms with Crippen LogP contribution in [0.2, 0.25) is 0 Å². The molecule has 3 aromatic rings. The molecule has 136 valence electrons. The van der Waals surface area contributed by atoms with Crippen LogP contribution in [0.25, 0.3) is 10.9 Å². The number of pyridine rings is 1. The highest BCUT2D eigenvalue weighted by Crippen LogP contribution is 2.27. The Morgan fingerprint density at radius 2 is 1.93 bits per heavy atom. The van der Waals surface area contributed by atoms with Gasteiger partial charge in [0.15, 0.2) is 0 Å². The molecule has 6 nitrogen and oxygen atoms in total. The highest BCUT2D eigenvalue weighted by Gasteiger charge is 2.11. The number of fused-ring (bicyclic) bond motifs is 1. The second kappa shape index (κ2) is 8.43. The summed E-state index contributed by atoms with van der Waals surface area (Å²) >= 11 is 1.22. The Morgan fingerprint density at radius 1 is 1.15 bits per heavy atom. The SMILES string of the molecule is COc1cccc(NC(=O)CSc2nc3cc(OC)ccc3cc2C#N)c1. The third-order valence-electron chi connectivity index (χ3n) is 3.80. The van der Waals surface area contributed by atoms with Gasteiger partial charge in [-0.1, -0.05) is 17.8 Å². The van der Waals surface area contributed by atoms with Gasteiger partial charge in [-0.15, -0.1) is 0 Å². The van der Waals surface area contributed by atoms with Crippen molar-refractivity contribution >= 4 is 34.3 Å². The Hall–Kier alpha value is -3.24. The van der Waals surface area contributed by atoms with Crippen molar-refractivity contribution in [3.05, 3.63) is 54.1 Å². The van der Waals surface area contributed by atoms with Gasteiger partial charge in [-0.25, -0.2) is 4.98 Å². The molecule has 0 aliphatic rings. The van der Waals surface area contributed by atoms with Crippen molar-refractivity contribution in [1.29, 1.82) is 5.26 Å². The van der Waals surface area contributed by atoms with Gasteiger partial charge < -0.3 is 14.8 Å². The van der Waals surface area contributed by atoms with Gasteiger partial charge in [0.2, 0.25) is 5.91 Å². The topological polar surface area (TPSA) is 84.2 Å². The third kappa shape index (κ3) is 4.49. The maximum absolute atomic E-state index is 12.2. The number of carbonyl (C=O) groups excluding carboxylic acids is 1. The van der Waals surface area contributed by atoms with Crippen molar-refractivity contribution in [3.8, 4) is 17.6 Å². The van der Waals surface area contributed by atoms with Crippen LogP contribution in [0, 0.1) is 11.3 Å². The average molecular weight is 379 g/mol. The van der Waals surface area contributed by atoms with Crippen LogP contribution in [0.5, 0.6) is 11.5 Å². The number of anilines is 1. The van der Waals surface area contributed by atoms with Gasteiger partial charge in [-0.2, -0.15) is 5.26 Å². The molecule has 0 aliphatic carbocycles. The molecule has 1 amide bonds. The summed E-state index contributed by atoms with van der Waals surface area (Å²) in [6, 6.07) is 16.5. The van der Waals surface area contributed by atoms with E-state index in [9.17, 15) is 10.1 Å². The molecule has 1 N–H and O–H groups in total. The Balaban J connectivity index is 1.75. The van der Waals surface area contributed by atoms with Crippen LogP contribution in [0.4, 0.5) is 5.69 Å². The van der Waals surface area contributed by atoms with Crippen LogP contribution in [-0.2, 0) is 4.79 Å². The predicted molar refractivity (Wildman–Crippen MR) is 105 cm³/mol. The number of rotatable bonds is 6. The van der Waals surface area contributed by atoms with Gasteiger partial charge in [0.25, 0.3) is 0 Å². The zero-order valence-electron chi connectivity index (χ0n) is 14.9. The smallest absolute Gasteiger partial charge is 0.234 e. The Labute approximate surface area is 161 Å². The number of nitriles is 1. The Bertz CT molecular complexity index is 1030. The van der Waals surface area contributed by atoms with Crippen molar-refractivity contribution in [2.24, 2.45) is 0 Å². The lowest BCUT2D eigenvalue weighted by atomic mass is 10.1. The van der Waals surface area contributed by atoms with E-state index in [1.54, 1.807) is 50.6 Å². The molecule has 0 fully saturated rings. The summed E-state index contributed by atoms with van der Waals surface area (Å²) in [4.78, 5) is 16.8. The van der Waals surface area contributed by atoms with E-state index in [0.29, 0.717) is 33.3 Å². The first-order chi connectivity index (χ1) is 13.1. The van der Waals surface area contributed by atoms with Crippen molar-refractivity contribution < 1.29 is 14.3 Å². The van der Waals surface area contributed by atoms with E-state index in [1.165, 1.54) is 11.8 Å². The molecule has 0 atom stereocenters. The van der Waals surface area contributed by atoms with Gasteiger partial charge in [-0.05, 0) is 30.3 Å². The van der Waals surface area contributed by atoms with Crippen LogP contribution in [0.15, 0.2) is 53.6 Å². The van der Waals surface area contributed by atoms with E-state index in [-0.39, 0.29) is 11.7 Å². The first-order valence-electron chi connectivity index (χ1n) is 8.08. The number of nitrogens with zero attached hydrogens (tertiary/aromatic N) is 2. The fourth-order valence-electron chi connectivity index (χ4n) is 2.48. The number of hydrogen-bond donors (Lipinski definition) is 1. The van der Waals surface area contributed by atoms with Gasteiger partial charge in [0.1, 0.15) is 22.6 Å². The Kier molecular flexibility index (Phi) is 5.79. The number of amides is 1. The number of nitrogens with one attached hydrogen (secondary N) is 1. The lowest BCUT2D eigenvalue weighted by molar-refractivity contribution is -0.113. The van der Waals surface area contributed by atoms with Crippen LogP contribution >= 0.6 is 11.8 Å². The van der Waals surface area contributed by atoms with E-state index in [0.717, 1.165) is 5.39 Å². The number of methoxy groups -OCH3 is 2. The van der Waals surface area contributed by atoms with E-state index < -0.39 is 0 Å². The summed E-state index contributed by atoms with van der Waals surface area (Å²) in [7, 11) is 3.16. The molecule has 3 rings (SSSR count). The van der Waals surface area contributed by atoms with Crippen molar-refractivity contribution in [3.63, 3.8) is 0 Å². The maximum Gasteiger partial charge on any atom is 0.234 e. The second-order valence-electron chi connectivity index (χ2n) is 5.58. The summed E-state index contributed by atoms with van der Waals surface area (Å²) in [6.07, 6.45) is 0. The van der Waals surface area contributed by atoms with E-state index >= 15 is 0 Å². The van der Waals surface area contributed by atoms with Gasteiger partial charge in [0, 0.05) is 23.2 Å². The predicted octanol–water partition coefficient (Wildman–Crippen LogP) is 3.85. The van der Waals surface area contributed by atoms with E-state index in [2.05, 4.69) is 16.4 Å². The number of ether oxygens (including phenoxy) is 2. The fraction of sp³-hybridized carbons (Fsp3) is 0.150. The van der Waals surface area contributed by atoms with E-state index in [4.69, 9.17) is 9.47 Å². The quantitative estimate of drug-likeness (QED) is 0.655. The summed E-state index contributed by atoms with van der Waals surface area (Å²) in [5.74, 6) is 1.29. The highest BCUT2D eigenvalue weighted by atomic mass is 32.2. The van der Waals surface area contributed by atoms with Crippen LogP contribution < -0.4 is 14.8 Å². The maximum atomic E-state index is 12.2. The van der Waals surface area contributed by atoms with Gasteiger partial charge in [0.05, 0.1) is 31.1 Å². The molecule has 0 saturated carbocycles. The molecular weight excluding hydrogens is 362 g/mol. The average Bonchev–Trinajstić information content (AvgIpc) is 2.71. The molecule has 7 heteroatoms. The normalized spacial score (nSPS) is 10.3. The first kappa shape index (κ1) is 18.5. The van der Waals surface area contributed by atoms with Crippen molar-refractivity contribution in [2.45, 2.75) is 5.03 Å². The number of thioether (sulfide) groups is 1. The minimum atomic E-state index is -0.190. The molecule has 0 saturated heterocycles. The molecular formula is C20H17N3O3S. The molecule has 0 radical (unpaired) electrons.